The van der Waals surface area contributed by atoms with Gasteiger partial charge in [-0.25, -0.2) is 0 Å². The highest BCUT2D eigenvalue weighted by atomic mass is 32.2. The van der Waals surface area contributed by atoms with Gasteiger partial charge in [0.05, 0.1) is 5.69 Å². The first-order valence-corrected chi connectivity index (χ1v) is 8.34. The van der Waals surface area contributed by atoms with E-state index in [1.165, 1.54) is 17.9 Å². The number of hydrogen-bond donors (Lipinski definition) is 1. The zero-order chi connectivity index (χ0) is 13.7. The lowest BCUT2D eigenvalue weighted by atomic mass is 9.97. The Morgan fingerprint density at radius 1 is 1.53 bits per heavy atom. The predicted molar refractivity (Wildman–Crippen MR) is 83.3 cm³/mol. The number of pyridine rings is 1. The summed E-state index contributed by atoms with van der Waals surface area (Å²) >= 11 is 2.06. The lowest BCUT2D eigenvalue weighted by Crippen LogP contribution is -2.45. The normalized spacial score (nSPS) is 20.9. The Hall–Kier alpha value is -0.580. The van der Waals surface area contributed by atoms with E-state index in [1.807, 2.05) is 13.0 Å². The molecule has 2 unspecified atom stereocenters. The fraction of sp³-hybridized carbons (Fsp3) is 0.667. The third-order valence-electron chi connectivity index (χ3n) is 3.94. The first kappa shape index (κ1) is 14.8. The Morgan fingerprint density at radius 2 is 2.37 bits per heavy atom. The summed E-state index contributed by atoms with van der Waals surface area (Å²) in [5.41, 5.74) is 8.29. The van der Waals surface area contributed by atoms with Crippen LogP contribution in [0.3, 0.4) is 0 Å². The van der Waals surface area contributed by atoms with Crippen molar-refractivity contribution in [3.05, 3.63) is 29.6 Å². The Balaban J connectivity index is 2.05. The summed E-state index contributed by atoms with van der Waals surface area (Å²) in [5.74, 6) is 3.31. The first-order valence-electron chi connectivity index (χ1n) is 7.19. The van der Waals surface area contributed by atoms with Gasteiger partial charge in [-0.05, 0) is 49.4 Å². The van der Waals surface area contributed by atoms with Crippen molar-refractivity contribution in [2.24, 2.45) is 11.7 Å². The second-order valence-electron chi connectivity index (χ2n) is 5.26. The quantitative estimate of drug-likeness (QED) is 0.867. The van der Waals surface area contributed by atoms with Gasteiger partial charge in [-0.15, -0.1) is 0 Å². The van der Waals surface area contributed by atoms with Crippen LogP contribution in [0.2, 0.25) is 0 Å². The zero-order valence-electron chi connectivity index (χ0n) is 12.0. The van der Waals surface area contributed by atoms with Crippen molar-refractivity contribution in [1.82, 2.24) is 9.88 Å². The third-order valence-corrected chi connectivity index (χ3v) is 5.13. The van der Waals surface area contributed by atoms with Crippen LogP contribution in [0.15, 0.2) is 18.2 Å². The largest absolute Gasteiger partial charge is 0.329 e. The van der Waals surface area contributed by atoms with Crippen molar-refractivity contribution in [3.8, 4) is 0 Å². The molecule has 19 heavy (non-hydrogen) atoms. The van der Waals surface area contributed by atoms with Gasteiger partial charge in [0.1, 0.15) is 0 Å². The topological polar surface area (TPSA) is 42.2 Å². The molecule has 2 N–H and O–H groups in total. The Bertz CT molecular complexity index is 391. The van der Waals surface area contributed by atoms with Crippen LogP contribution in [0.1, 0.15) is 24.7 Å². The minimum Gasteiger partial charge on any atom is -0.329 e. The first-order chi connectivity index (χ1) is 9.24. The molecule has 0 aliphatic carbocycles. The molecule has 0 saturated carbocycles. The summed E-state index contributed by atoms with van der Waals surface area (Å²) in [6, 6.07) is 6.76. The van der Waals surface area contributed by atoms with Crippen molar-refractivity contribution in [2.75, 3.05) is 24.6 Å². The average Bonchev–Trinajstić information content (AvgIpc) is 2.92. The maximum absolute atomic E-state index is 6.04. The van der Waals surface area contributed by atoms with E-state index in [0.29, 0.717) is 6.04 Å². The molecule has 0 spiro atoms. The second kappa shape index (κ2) is 7.27. The maximum atomic E-state index is 6.04. The van der Waals surface area contributed by atoms with Crippen molar-refractivity contribution in [2.45, 2.75) is 32.9 Å². The summed E-state index contributed by atoms with van der Waals surface area (Å²) in [7, 11) is 0. The second-order valence-corrected chi connectivity index (χ2v) is 6.41. The van der Waals surface area contributed by atoms with E-state index < -0.39 is 0 Å². The minimum atomic E-state index is 0.502. The van der Waals surface area contributed by atoms with E-state index in [4.69, 9.17) is 5.73 Å². The van der Waals surface area contributed by atoms with Crippen LogP contribution in [0.5, 0.6) is 0 Å². The van der Waals surface area contributed by atoms with E-state index in [0.717, 1.165) is 36.9 Å². The van der Waals surface area contributed by atoms with E-state index in [1.54, 1.807) is 0 Å². The van der Waals surface area contributed by atoms with Crippen LogP contribution in [-0.2, 0) is 6.54 Å². The van der Waals surface area contributed by atoms with Gasteiger partial charge >= 0.3 is 0 Å². The van der Waals surface area contributed by atoms with Gasteiger partial charge in [-0.3, -0.25) is 9.88 Å². The van der Waals surface area contributed by atoms with Gasteiger partial charge in [0.2, 0.25) is 0 Å². The number of aromatic nitrogens is 1. The Labute approximate surface area is 121 Å². The number of rotatable bonds is 6. The number of hydrogen-bond acceptors (Lipinski definition) is 4. The zero-order valence-corrected chi connectivity index (χ0v) is 12.8. The Kier molecular flexibility index (Phi) is 5.67. The van der Waals surface area contributed by atoms with Gasteiger partial charge in [0, 0.05) is 24.8 Å². The summed E-state index contributed by atoms with van der Waals surface area (Å²) in [5, 5.41) is 0. The monoisotopic (exact) mass is 279 g/mol. The highest BCUT2D eigenvalue weighted by Gasteiger charge is 2.28. The lowest BCUT2D eigenvalue weighted by molar-refractivity contribution is 0.153. The van der Waals surface area contributed by atoms with Gasteiger partial charge in [-0.1, -0.05) is 13.0 Å². The van der Waals surface area contributed by atoms with Crippen LogP contribution in [0.4, 0.5) is 0 Å². The number of nitrogens with two attached hydrogens (primary N) is 1. The molecule has 1 aliphatic rings. The number of thioether (sulfide) groups is 1. The summed E-state index contributed by atoms with van der Waals surface area (Å²) < 4.78 is 0. The molecule has 2 rings (SSSR count). The fourth-order valence-electron chi connectivity index (χ4n) is 2.86. The molecular weight excluding hydrogens is 254 g/mol. The lowest BCUT2D eigenvalue weighted by Gasteiger charge is -2.33. The van der Waals surface area contributed by atoms with E-state index >= 15 is 0 Å². The third kappa shape index (κ3) is 3.94. The molecule has 2 atom stereocenters. The fourth-order valence-corrected chi connectivity index (χ4v) is 4.18. The summed E-state index contributed by atoms with van der Waals surface area (Å²) in [6.07, 6.45) is 1.31. The molecule has 4 heteroatoms. The standard InChI is InChI=1S/C15H25N3S/c1-3-18(10-14-6-4-5-12(2)17-14)15(9-16)13-7-8-19-11-13/h4-6,13,15H,3,7-11,16H2,1-2H3. The molecular formula is C15H25N3S. The van der Waals surface area contributed by atoms with Crippen LogP contribution < -0.4 is 5.73 Å². The maximum Gasteiger partial charge on any atom is 0.0547 e. The molecule has 1 aromatic heterocycles. The highest BCUT2D eigenvalue weighted by molar-refractivity contribution is 7.99. The Morgan fingerprint density at radius 3 is 2.95 bits per heavy atom. The van der Waals surface area contributed by atoms with Gasteiger partial charge in [0.15, 0.2) is 0 Å². The minimum absolute atomic E-state index is 0.502. The van der Waals surface area contributed by atoms with Crippen molar-refractivity contribution in [1.29, 1.82) is 0 Å². The molecule has 2 heterocycles. The highest BCUT2D eigenvalue weighted by Crippen LogP contribution is 2.29. The summed E-state index contributed by atoms with van der Waals surface area (Å²) in [4.78, 5) is 7.11. The van der Waals surface area contributed by atoms with Crippen LogP contribution in [0.25, 0.3) is 0 Å². The molecule has 0 bridgehead atoms. The molecule has 1 aliphatic heterocycles. The van der Waals surface area contributed by atoms with Crippen LogP contribution in [-0.4, -0.2) is 40.5 Å². The van der Waals surface area contributed by atoms with Crippen molar-refractivity contribution < 1.29 is 0 Å². The summed E-state index contributed by atoms with van der Waals surface area (Å²) in [6.45, 7) is 6.99. The van der Waals surface area contributed by atoms with Crippen LogP contribution >= 0.6 is 11.8 Å². The number of likely N-dealkylation sites (N-methyl/N-ethyl adjacent to an activating group) is 1. The molecule has 1 aromatic rings. The van der Waals surface area contributed by atoms with Crippen LogP contribution in [0, 0.1) is 12.8 Å². The SMILES string of the molecule is CCN(Cc1cccc(C)n1)C(CN)C1CCSC1. The van der Waals surface area contributed by atoms with E-state index in [9.17, 15) is 0 Å². The van der Waals surface area contributed by atoms with E-state index in [2.05, 4.69) is 40.7 Å². The smallest absolute Gasteiger partial charge is 0.0547 e. The number of nitrogens with zero attached hydrogens (tertiary/aromatic N) is 2. The van der Waals surface area contributed by atoms with Crippen molar-refractivity contribution in [3.63, 3.8) is 0 Å². The molecule has 0 radical (unpaired) electrons. The molecule has 3 nitrogen and oxygen atoms in total. The average molecular weight is 279 g/mol. The molecule has 106 valence electrons. The molecule has 1 saturated heterocycles. The molecule has 0 aromatic carbocycles. The van der Waals surface area contributed by atoms with E-state index in [-0.39, 0.29) is 0 Å². The molecule has 1 fully saturated rings. The van der Waals surface area contributed by atoms with Crippen molar-refractivity contribution >= 4 is 11.8 Å². The predicted octanol–water partition coefficient (Wildman–Crippen LogP) is 2.29. The molecule has 0 amide bonds. The van der Waals surface area contributed by atoms with Gasteiger partial charge in [0.25, 0.3) is 0 Å². The van der Waals surface area contributed by atoms with Gasteiger partial charge < -0.3 is 5.73 Å². The van der Waals surface area contributed by atoms with Gasteiger partial charge in [-0.2, -0.15) is 11.8 Å². The number of aryl methyl sites for hydroxylation is 1.